The third-order valence-electron chi connectivity index (χ3n) is 2.90. The van der Waals surface area contributed by atoms with Crippen molar-refractivity contribution in [2.75, 3.05) is 5.32 Å². The number of carboxylic acids is 1. The minimum atomic E-state index is -1.07. The topological polar surface area (TPSA) is 91.3 Å². The summed E-state index contributed by atoms with van der Waals surface area (Å²) in [6.45, 7) is 2.31. The summed E-state index contributed by atoms with van der Waals surface area (Å²) in [5.41, 5.74) is 1.96. The first kappa shape index (κ1) is 15.0. The van der Waals surface area contributed by atoms with Crippen LogP contribution in [-0.2, 0) is 13.0 Å². The van der Waals surface area contributed by atoms with Gasteiger partial charge in [0.15, 0.2) is 0 Å². The molecule has 0 aliphatic heterocycles. The largest absolute Gasteiger partial charge is 0.478 e. The molecule has 21 heavy (non-hydrogen) atoms. The van der Waals surface area contributed by atoms with Gasteiger partial charge in [-0.05, 0) is 29.5 Å². The summed E-state index contributed by atoms with van der Waals surface area (Å²) in [5, 5.41) is 16.1. The number of nitrogens with zero attached hydrogens (tertiary/aromatic N) is 1. The van der Waals surface area contributed by atoms with Gasteiger partial charge in [-0.1, -0.05) is 13.0 Å². The molecule has 0 saturated carbocycles. The number of carboxylic acid groups (broad SMARTS) is 1. The van der Waals surface area contributed by atoms with Crippen LogP contribution in [0.2, 0.25) is 0 Å². The Morgan fingerprint density at radius 1 is 1.38 bits per heavy atom. The minimum Gasteiger partial charge on any atom is -0.478 e. The predicted molar refractivity (Wildman–Crippen MR) is 80.8 cm³/mol. The van der Waals surface area contributed by atoms with Crippen molar-refractivity contribution in [3.8, 4) is 0 Å². The number of hydrogen-bond acceptors (Lipinski definition) is 4. The van der Waals surface area contributed by atoms with Crippen LogP contribution in [0.25, 0.3) is 0 Å². The minimum absolute atomic E-state index is 0.0854. The number of urea groups is 1. The Balaban J connectivity index is 1.96. The van der Waals surface area contributed by atoms with Crippen molar-refractivity contribution in [3.05, 3.63) is 46.6 Å². The average molecular weight is 305 g/mol. The fourth-order valence-corrected chi connectivity index (χ4v) is 2.61. The number of pyridine rings is 1. The van der Waals surface area contributed by atoms with E-state index in [4.69, 9.17) is 5.11 Å². The van der Waals surface area contributed by atoms with Gasteiger partial charge in [-0.2, -0.15) is 0 Å². The molecule has 0 atom stereocenters. The highest BCUT2D eigenvalue weighted by Crippen LogP contribution is 2.22. The summed E-state index contributed by atoms with van der Waals surface area (Å²) in [7, 11) is 0. The normalized spacial score (nSPS) is 10.1. The number of anilines is 1. The molecule has 2 aromatic rings. The van der Waals surface area contributed by atoms with Crippen molar-refractivity contribution in [2.45, 2.75) is 19.9 Å². The second-order valence-corrected chi connectivity index (χ2v) is 5.16. The predicted octanol–water partition coefficient (Wildman–Crippen LogP) is 2.73. The van der Waals surface area contributed by atoms with Gasteiger partial charge < -0.3 is 10.4 Å². The number of rotatable bonds is 5. The van der Waals surface area contributed by atoms with Crippen molar-refractivity contribution in [1.82, 2.24) is 10.3 Å². The maximum Gasteiger partial charge on any atom is 0.338 e. The second-order valence-electron chi connectivity index (χ2n) is 4.24. The zero-order chi connectivity index (χ0) is 15.2. The van der Waals surface area contributed by atoms with E-state index in [0.717, 1.165) is 17.7 Å². The molecule has 0 aliphatic carbocycles. The number of amides is 2. The van der Waals surface area contributed by atoms with Crippen molar-refractivity contribution >= 4 is 28.3 Å². The van der Waals surface area contributed by atoms with E-state index in [0.29, 0.717) is 11.5 Å². The van der Waals surface area contributed by atoms with Crippen LogP contribution in [0, 0.1) is 0 Å². The van der Waals surface area contributed by atoms with Crippen LogP contribution in [0.4, 0.5) is 9.80 Å². The lowest BCUT2D eigenvalue weighted by atomic mass is 10.1. The first-order chi connectivity index (χ1) is 10.1. The Hall–Kier alpha value is -2.41. The molecule has 110 valence electrons. The lowest BCUT2D eigenvalue weighted by Gasteiger charge is -2.09. The van der Waals surface area contributed by atoms with Crippen molar-refractivity contribution in [3.63, 3.8) is 0 Å². The molecule has 0 aliphatic rings. The maximum absolute atomic E-state index is 11.8. The Morgan fingerprint density at radius 3 is 2.90 bits per heavy atom. The molecule has 7 heteroatoms. The second kappa shape index (κ2) is 6.85. The van der Waals surface area contributed by atoms with Crippen molar-refractivity contribution in [2.24, 2.45) is 0 Å². The smallest absolute Gasteiger partial charge is 0.338 e. The van der Waals surface area contributed by atoms with Crippen LogP contribution in [0.5, 0.6) is 0 Å². The summed E-state index contributed by atoms with van der Waals surface area (Å²) >= 11 is 1.17. The Kier molecular flexibility index (Phi) is 4.89. The van der Waals surface area contributed by atoms with Gasteiger partial charge in [0.2, 0.25) is 0 Å². The Morgan fingerprint density at radius 2 is 2.19 bits per heavy atom. The van der Waals surface area contributed by atoms with Crippen LogP contribution in [0.1, 0.15) is 28.5 Å². The lowest BCUT2D eigenvalue weighted by molar-refractivity contribution is 0.0698. The van der Waals surface area contributed by atoms with Crippen LogP contribution >= 0.6 is 11.3 Å². The first-order valence-electron chi connectivity index (χ1n) is 6.40. The van der Waals surface area contributed by atoms with Crippen molar-refractivity contribution in [1.29, 1.82) is 0 Å². The molecule has 0 saturated heterocycles. The fourth-order valence-electron chi connectivity index (χ4n) is 1.84. The highest BCUT2D eigenvalue weighted by molar-refractivity contribution is 7.14. The molecule has 0 unspecified atom stereocenters. The number of aryl methyl sites for hydroxylation is 1. The summed E-state index contributed by atoms with van der Waals surface area (Å²) in [4.78, 5) is 27.0. The first-order valence-corrected chi connectivity index (χ1v) is 7.28. The highest BCUT2D eigenvalue weighted by Gasteiger charge is 2.13. The quantitative estimate of drug-likeness (QED) is 0.792. The van der Waals surface area contributed by atoms with Gasteiger partial charge >= 0.3 is 12.0 Å². The van der Waals surface area contributed by atoms with Crippen LogP contribution in [-0.4, -0.2) is 22.1 Å². The molecule has 2 amide bonds. The molecule has 0 bridgehead atoms. The van der Waals surface area contributed by atoms with Gasteiger partial charge in [0.05, 0.1) is 17.8 Å². The van der Waals surface area contributed by atoms with E-state index in [1.54, 1.807) is 11.6 Å². The van der Waals surface area contributed by atoms with Gasteiger partial charge in [-0.3, -0.25) is 10.3 Å². The lowest BCUT2D eigenvalue weighted by Crippen LogP contribution is -2.29. The fraction of sp³-hybridized carbons (Fsp3) is 0.214. The van der Waals surface area contributed by atoms with Gasteiger partial charge in [-0.15, -0.1) is 11.3 Å². The molecule has 0 spiro atoms. The van der Waals surface area contributed by atoms with Crippen molar-refractivity contribution < 1.29 is 14.7 Å². The number of aromatic carboxylic acids is 1. The highest BCUT2D eigenvalue weighted by atomic mass is 32.1. The zero-order valence-corrected chi connectivity index (χ0v) is 12.2. The third-order valence-corrected chi connectivity index (χ3v) is 3.73. The van der Waals surface area contributed by atoms with E-state index < -0.39 is 12.0 Å². The van der Waals surface area contributed by atoms with Crippen LogP contribution in [0.15, 0.2) is 29.8 Å². The van der Waals surface area contributed by atoms with Crippen LogP contribution < -0.4 is 10.6 Å². The molecule has 2 aromatic heterocycles. The van der Waals surface area contributed by atoms with E-state index in [9.17, 15) is 9.59 Å². The van der Waals surface area contributed by atoms with E-state index in [-0.39, 0.29) is 5.56 Å². The van der Waals surface area contributed by atoms with E-state index >= 15 is 0 Å². The average Bonchev–Trinajstić information content (AvgIpc) is 2.93. The Bertz CT molecular complexity index is 654. The third kappa shape index (κ3) is 3.79. The van der Waals surface area contributed by atoms with E-state index in [1.165, 1.54) is 17.4 Å². The number of carbonyl (C=O) groups is 2. The summed E-state index contributed by atoms with van der Waals surface area (Å²) < 4.78 is 0. The number of hydrogen-bond donors (Lipinski definition) is 3. The molecule has 0 radical (unpaired) electrons. The summed E-state index contributed by atoms with van der Waals surface area (Å²) in [6.07, 6.45) is 2.51. The maximum atomic E-state index is 11.8. The van der Waals surface area contributed by atoms with Gasteiger partial charge in [0.25, 0.3) is 0 Å². The molecule has 3 N–H and O–H groups in total. The molecular weight excluding hydrogens is 290 g/mol. The zero-order valence-electron chi connectivity index (χ0n) is 11.4. The SMILES string of the molecule is CCc1cccnc1CNC(=O)Nc1sccc1C(=O)O. The molecule has 6 nitrogen and oxygen atoms in total. The number of aromatic nitrogens is 1. The monoisotopic (exact) mass is 305 g/mol. The molecule has 2 rings (SSSR count). The number of nitrogens with one attached hydrogen (secondary N) is 2. The van der Waals surface area contributed by atoms with E-state index in [1.807, 2.05) is 19.1 Å². The molecule has 0 aromatic carbocycles. The number of carbonyl (C=O) groups excluding carboxylic acids is 1. The number of thiophene rings is 1. The Labute approximate surface area is 125 Å². The van der Waals surface area contributed by atoms with Crippen LogP contribution in [0.3, 0.4) is 0 Å². The molecule has 2 heterocycles. The molecule has 0 fully saturated rings. The molecular formula is C14H15N3O3S. The standard InChI is InChI=1S/C14H15N3O3S/c1-2-9-4-3-6-15-11(9)8-16-14(20)17-12-10(13(18)19)5-7-21-12/h3-7H,2,8H2,1H3,(H,18,19)(H2,16,17,20). The van der Waals surface area contributed by atoms with Gasteiger partial charge in [0, 0.05) is 6.20 Å². The summed E-state index contributed by atoms with van der Waals surface area (Å²) in [5.74, 6) is -1.07. The van der Waals surface area contributed by atoms with Gasteiger partial charge in [0.1, 0.15) is 5.00 Å². The van der Waals surface area contributed by atoms with E-state index in [2.05, 4.69) is 15.6 Å². The summed E-state index contributed by atoms with van der Waals surface area (Å²) in [6, 6.07) is 4.82. The van der Waals surface area contributed by atoms with Gasteiger partial charge in [-0.25, -0.2) is 9.59 Å².